The van der Waals surface area contributed by atoms with E-state index in [1.165, 1.54) is 5.56 Å². The highest BCUT2D eigenvalue weighted by Crippen LogP contribution is 2.19. The zero-order valence-electron chi connectivity index (χ0n) is 9.68. The highest BCUT2D eigenvalue weighted by molar-refractivity contribution is 9.10. The SMILES string of the molecule is Cn1cc(CCC(N)c2cncc(Br)c2)cn1. The van der Waals surface area contributed by atoms with E-state index in [2.05, 4.69) is 26.0 Å². The monoisotopic (exact) mass is 294 g/mol. The highest BCUT2D eigenvalue weighted by atomic mass is 79.9. The molecule has 0 aromatic carbocycles. The molecule has 2 aromatic heterocycles. The Bertz CT molecular complexity index is 495. The second-order valence-electron chi connectivity index (χ2n) is 4.10. The molecule has 0 fully saturated rings. The summed E-state index contributed by atoms with van der Waals surface area (Å²) >= 11 is 3.40. The van der Waals surface area contributed by atoms with Gasteiger partial charge in [-0.25, -0.2) is 0 Å². The maximum Gasteiger partial charge on any atom is 0.0521 e. The number of nitrogens with two attached hydrogens (primary N) is 1. The van der Waals surface area contributed by atoms with Crippen LogP contribution < -0.4 is 5.73 Å². The normalized spacial score (nSPS) is 12.6. The van der Waals surface area contributed by atoms with Gasteiger partial charge in [0.05, 0.1) is 6.20 Å². The molecule has 17 heavy (non-hydrogen) atoms. The topological polar surface area (TPSA) is 56.7 Å². The molecular formula is C12H15BrN4. The van der Waals surface area contributed by atoms with E-state index in [1.54, 1.807) is 6.20 Å². The standard InChI is InChI=1S/C12H15BrN4/c1-17-8-9(5-16-17)2-3-12(14)10-4-11(13)7-15-6-10/h4-8,12H,2-3,14H2,1H3. The zero-order valence-corrected chi connectivity index (χ0v) is 11.3. The minimum absolute atomic E-state index is 0.0141. The van der Waals surface area contributed by atoms with E-state index >= 15 is 0 Å². The van der Waals surface area contributed by atoms with E-state index in [1.807, 2.05) is 36.4 Å². The molecule has 0 aliphatic carbocycles. The number of aryl methyl sites for hydroxylation is 2. The Morgan fingerprint density at radius 1 is 1.41 bits per heavy atom. The largest absolute Gasteiger partial charge is 0.324 e. The smallest absolute Gasteiger partial charge is 0.0521 e. The molecule has 0 aliphatic rings. The molecule has 0 spiro atoms. The van der Waals surface area contributed by atoms with Crippen molar-refractivity contribution in [2.45, 2.75) is 18.9 Å². The third kappa shape index (κ3) is 3.38. The summed E-state index contributed by atoms with van der Waals surface area (Å²) in [7, 11) is 1.92. The maximum atomic E-state index is 6.13. The number of hydrogen-bond donors (Lipinski definition) is 1. The average molecular weight is 295 g/mol. The van der Waals surface area contributed by atoms with Crippen LogP contribution in [0.1, 0.15) is 23.6 Å². The fourth-order valence-corrected chi connectivity index (χ4v) is 2.10. The summed E-state index contributed by atoms with van der Waals surface area (Å²) in [6.07, 6.45) is 9.30. The minimum Gasteiger partial charge on any atom is -0.324 e. The first-order valence-electron chi connectivity index (χ1n) is 5.48. The van der Waals surface area contributed by atoms with Gasteiger partial charge in [0, 0.05) is 36.2 Å². The fourth-order valence-electron chi connectivity index (χ4n) is 1.72. The molecule has 4 nitrogen and oxygen atoms in total. The van der Waals surface area contributed by atoms with Gasteiger partial charge >= 0.3 is 0 Å². The van der Waals surface area contributed by atoms with Crippen molar-refractivity contribution in [3.8, 4) is 0 Å². The van der Waals surface area contributed by atoms with Crippen LogP contribution in [0.25, 0.3) is 0 Å². The maximum absolute atomic E-state index is 6.13. The van der Waals surface area contributed by atoms with Gasteiger partial charge in [0.2, 0.25) is 0 Å². The van der Waals surface area contributed by atoms with Crippen molar-refractivity contribution >= 4 is 15.9 Å². The van der Waals surface area contributed by atoms with Gasteiger partial charge in [0.15, 0.2) is 0 Å². The molecule has 0 radical (unpaired) electrons. The van der Waals surface area contributed by atoms with Crippen LogP contribution in [0.4, 0.5) is 0 Å². The number of rotatable bonds is 4. The first-order chi connectivity index (χ1) is 8.15. The van der Waals surface area contributed by atoms with Gasteiger partial charge < -0.3 is 5.73 Å². The summed E-state index contributed by atoms with van der Waals surface area (Å²) in [6, 6.07) is 2.03. The van der Waals surface area contributed by atoms with Crippen LogP contribution in [0.15, 0.2) is 35.3 Å². The predicted molar refractivity (Wildman–Crippen MR) is 70.4 cm³/mol. The van der Waals surface area contributed by atoms with Gasteiger partial charge in [-0.3, -0.25) is 9.67 Å². The van der Waals surface area contributed by atoms with Crippen molar-refractivity contribution in [3.05, 3.63) is 46.5 Å². The van der Waals surface area contributed by atoms with E-state index in [0.29, 0.717) is 0 Å². The number of hydrogen-bond acceptors (Lipinski definition) is 3. The summed E-state index contributed by atoms with van der Waals surface area (Å²) in [5.74, 6) is 0. The third-order valence-corrected chi connectivity index (χ3v) is 3.09. The number of aromatic nitrogens is 3. The summed E-state index contributed by atoms with van der Waals surface area (Å²) in [4.78, 5) is 4.12. The van der Waals surface area contributed by atoms with Crippen LogP contribution in [-0.2, 0) is 13.5 Å². The average Bonchev–Trinajstić information content (AvgIpc) is 2.72. The van der Waals surface area contributed by atoms with E-state index in [-0.39, 0.29) is 6.04 Å². The molecule has 0 saturated heterocycles. The van der Waals surface area contributed by atoms with Gasteiger partial charge in [-0.15, -0.1) is 0 Å². The molecule has 2 N–H and O–H groups in total. The quantitative estimate of drug-likeness (QED) is 0.941. The van der Waals surface area contributed by atoms with Crippen LogP contribution in [0, 0.1) is 0 Å². The van der Waals surface area contributed by atoms with E-state index < -0.39 is 0 Å². The van der Waals surface area contributed by atoms with E-state index in [0.717, 1.165) is 22.9 Å². The Labute approximate surface area is 109 Å². The van der Waals surface area contributed by atoms with Gasteiger partial charge in [0.1, 0.15) is 0 Å². The van der Waals surface area contributed by atoms with Gasteiger partial charge in [-0.05, 0) is 46.0 Å². The Morgan fingerprint density at radius 3 is 2.88 bits per heavy atom. The lowest BCUT2D eigenvalue weighted by Crippen LogP contribution is -2.11. The molecule has 0 saturated carbocycles. The molecule has 0 amide bonds. The number of pyridine rings is 1. The van der Waals surface area contributed by atoms with Crippen LogP contribution in [-0.4, -0.2) is 14.8 Å². The molecule has 1 atom stereocenters. The first kappa shape index (κ1) is 12.3. The summed E-state index contributed by atoms with van der Waals surface area (Å²) in [5, 5.41) is 4.14. The molecule has 2 heterocycles. The second-order valence-corrected chi connectivity index (χ2v) is 5.02. The summed E-state index contributed by atoms with van der Waals surface area (Å²) in [6.45, 7) is 0. The molecule has 5 heteroatoms. The van der Waals surface area contributed by atoms with Crippen molar-refractivity contribution in [1.82, 2.24) is 14.8 Å². The van der Waals surface area contributed by atoms with E-state index in [4.69, 9.17) is 5.73 Å². The van der Waals surface area contributed by atoms with Crippen molar-refractivity contribution in [2.24, 2.45) is 12.8 Å². The Balaban J connectivity index is 1.95. The lowest BCUT2D eigenvalue weighted by Gasteiger charge is -2.10. The Hall–Kier alpha value is -1.20. The van der Waals surface area contributed by atoms with Crippen molar-refractivity contribution in [3.63, 3.8) is 0 Å². The lowest BCUT2D eigenvalue weighted by atomic mass is 10.0. The second kappa shape index (κ2) is 5.42. The summed E-state index contributed by atoms with van der Waals surface area (Å²) < 4.78 is 2.77. The van der Waals surface area contributed by atoms with Crippen LogP contribution in [0.3, 0.4) is 0 Å². The molecule has 0 aliphatic heterocycles. The summed E-state index contributed by atoms with van der Waals surface area (Å²) in [5.41, 5.74) is 8.40. The fraction of sp³-hybridized carbons (Fsp3) is 0.333. The Kier molecular flexibility index (Phi) is 3.91. The van der Waals surface area contributed by atoms with Crippen LogP contribution >= 0.6 is 15.9 Å². The van der Waals surface area contributed by atoms with Gasteiger partial charge in [-0.2, -0.15) is 5.10 Å². The van der Waals surface area contributed by atoms with Gasteiger partial charge in [0.25, 0.3) is 0 Å². The molecule has 2 aromatic rings. The van der Waals surface area contributed by atoms with Crippen molar-refractivity contribution in [2.75, 3.05) is 0 Å². The first-order valence-corrected chi connectivity index (χ1v) is 6.28. The minimum atomic E-state index is 0.0141. The number of nitrogens with zero attached hydrogens (tertiary/aromatic N) is 3. The van der Waals surface area contributed by atoms with Crippen LogP contribution in [0.5, 0.6) is 0 Å². The zero-order chi connectivity index (χ0) is 12.3. The van der Waals surface area contributed by atoms with Gasteiger partial charge in [-0.1, -0.05) is 0 Å². The number of halogens is 1. The third-order valence-electron chi connectivity index (χ3n) is 2.66. The molecule has 1 unspecified atom stereocenters. The van der Waals surface area contributed by atoms with Crippen LogP contribution in [0.2, 0.25) is 0 Å². The van der Waals surface area contributed by atoms with Crippen molar-refractivity contribution < 1.29 is 0 Å². The molecule has 2 rings (SSSR count). The lowest BCUT2D eigenvalue weighted by molar-refractivity contribution is 0.648. The molecule has 0 bridgehead atoms. The Morgan fingerprint density at radius 2 is 2.24 bits per heavy atom. The molecule has 90 valence electrons. The highest BCUT2D eigenvalue weighted by Gasteiger charge is 2.07. The van der Waals surface area contributed by atoms with Crippen molar-refractivity contribution in [1.29, 1.82) is 0 Å². The van der Waals surface area contributed by atoms with E-state index in [9.17, 15) is 0 Å². The predicted octanol–water partition coefficient (Wildman–Crippen LogP) is 2.21. The molecular weight excluding hydrogens is 280 g/mol.